The number of benzene rings is 2. The van der Waals surface area contributed by atoms with Crippen molar-refractivity contribution in [2.75, 3.05) is 19.7 Å². The fraction of sp³-hybridized carbons (Fsp3) is 0.364. The minimum atomic E-state index is -3.92. The molecule has 0 saturated carbocycles. The summed E-state index contributed by atoms with van der Waals surface area (Å²) in [6.45, 7) is 3.01. The lowest BCUT2D eigenvalue weighted by atomic mass is 9.96. The van der Waals surface area contributed by atoms with Gasteiger partial charge in [0, 0.05) is 25.2 Å². The monoisotopic (exact) mass is 464 g/mol. The molecule has 1 fully saturated rings. The molecule has 2 aromatic carbocycles. The van der Waals surface area contributed by atoms with Crippen LogP contribution in [0.2, 0.25) is 5.02 Å². The Morgan fingerprint density at radius 3 is 2.45 bits per heavy atom. The Kier molecular flexibility index (Phi) is 7.69. The Morgan fingerprint density at radius 1 is 1.13 bits per heavy atom. The molecule has 0 radical (unpaired) electrons. The third-order valence-electron chi connectivity index (χ3n) is 5.18. The number of nitrogens with zero attached hydrogens (tertiary/aromatic N) is 1. The van der Waals surface area contributed by atoms with Crippen molar-refractivity contribution in [2.24, 2.45) is 5.92 Å². The van der Waals surface area contributed by atoms with Gasteiger partial charge in [0.25, 0.3) is 5.91 Å². The van der Waals surface area contributed by atoms with Crippen LogP contribution in [0.15, 0.2) is 53.4 Å². The van der Waals surface area contributed by atoms with Gasteiger partial charge in [-0.05, 0) is 43.5 Å². The number of hydrogen-bond donors (Lipinski definition) is 1. The molecule has 31 heavy (non-hydrogen) atoms. The van der Waals surface area contributed by atoms with Crippen molar-refractivity contribution in [3.05, 3.63) is 64.7 Å². The number of nitrogens with one attached hydrogen (secondary N) is 1. The molecule has 1 saturated heterocycles. The van der Waals surface area contributed by atoms with Crippen LogP contribution >= 0.6 is 11.6 Å². The molecule has 166 valence electrons. The molecule has 0 spiro atoms. The largest absolute Gasteiger partial charge is 0.466 e. The summed E-state index contributed by atoms with van der Waals surface area (Å²) in [6.07, 6.45) is 1.03. The second-order valence-corrected chi connectivity index (χ2v) is 9.42. The molecule has 1 aliphatic heterocycles. The zero-order chi connectivity index (χ0) is 22.4. The van der Waals surface area contributed by atoms with Crippen LogP contribution in [0.4, 0.5) is 0 Å². The van der Waals surface area contributed by atoms with E-state index >= 15 is 0 Å². The zero-order valence-corrected chi connectivity index (χ0v) is 18.8. The number of piperidine rings is 1. The van der Waals surface area contributed by atoms with Crippen molar-refractivity contribution < 1.29 is 22.7 Å². The van der Waals surface area contributed by atoms with E-state index in [1.54, 1.807) is 11.8 Å². The van der Waals surface area contributed by atoms with Crippen molar-refractivity contribution in [3.8, 4) is 0 Å². The molecule has 0 unspecified atom stereocenters. The van der Waals surface area contributed by atoms with Gasteiger partial charge in [-0.1, -0.05) is 41.9 Å². The maximum Gasteiger partial charge on any atom is 0.309 e. The number of amides is 1. The molecular formula is C22H25ClN2O5S. The third kappa shape index (κ3) is 5.84. The number of carbonyl (C=O) groups is 2. The average Bonchev–Trinajstić information content (AvgIpc) is 2.78. The zero-order valence-electron chi connectivity index (χ0n) is 17.2. The van der Waals surface area contributed by atoms with E-state index in [0.717, 1.165) is 5.56 Å². The van der Waals surface area contributed by atoms with Gasteiger partial charge in [-0.3, -0.25) is 9.59 Å². The topological polar surface area (TPSA) is 92.8 Å². The minimum Gasteiger partial charge on any atom is -0.466 e. The third-order valence-corrected chi connectivity index (χ3v) is 7.06. The standard InChI is InChI=1S/C22H25ClN2O5S/c1-2-30-22(27)17-10-12-25(13-11-17)21(26)18-8-9-19(23)20(14-18)31(28,29)24-15-16-6-4-3-5-7-16/h3-9,14,17,24H,2,10-13,15H2,1H3. The molecule has 2 aromatic rings. The summed E-state index contributed by atoms with van der Waals surface area (Å²) in [5.41, 5.74) is 1.04. The highest BCUT2D eigenvalue weighted by atomic mass is 35.5. The summed E-state index contributed by atoms with van der Waals surface area (Å²) in [7, 11) is -3.92. The second kappa shape index (κ2) is 10.3. The maximum atomic E-state index is 12.9. The molecule has 7 nitrogen and oxygen atoms in total. The fourth-order valence-electron chi connectivity index (χ4n) is 3.46. The average molecular weight is 465 g/mol. The molecule has 0 aromatic heterocycles. The summed E-state index contributed by atoms with van der Waals surface area (Å²) in [4.78, 5) is 26.3. The molecule has 0 bridgehead atoms. The summed E-state index contributed by atoms with van der Waals surface area (Å²) >= 11 is 6.14. The van der Waals surface area contributed by atoms with Gasteiger partial charge in [-0.25, -0.2) is 13.1 Å². The highest BCUT2D eigenvalue weighted by Gasteiger charge is 2.29. The SMILES string of the molecule is CCOC(=O)C1CCN(C(=O)c2ccc(Cl)c(S(=O)(=O)NCc3ccccc3)c2)CC1. The Morgan fingerprint density at radius 2 is 1.81 bits per heavy atom. The first kappa shape index (κ1) is 23.2. The first-order valence-electron chi connectivity index (χ1n) is 10.1. The summed E-state index contributed by atoms with van der Waals surface area (Å²) in [5, 5.41) is 0.0399. The van der Waals surface area contributed by atoms with Gasteiger partial charge in [-0.15, -0.1) is 0 Å². The minimum absolute atomic E-state index is 0.0399. The number of esters is 1. The smallest absolute Gasteiger partial charge is 0.309 e. The van der Waals surface area contributed by atoms with Crippen molar-refractivity contribution in [1.82, 2.24) is 9.62 Å². The predicted molar refractivity (Wildman–Crippen MR) is 117 cm³/mol. The highest BCUT2D eigenvalue weighted by molar-refractivity contribution is 7.89. The lowest BCUT2D eigenvalue weighted by Gasteiger charge is -2.31. The second-order valence-electron chi connectivity index (χ2n) is 7.27. The van der Waals surface area contributed by atoms with Crippen LogP contribution in [0.1, 0.15) is 35.7 Å². The number of ether oxygens (including phenoxy) is 1. The van der Waals surface area contributed by atoms with Gasteiger partial charge in [0.1, 0.15) is 4.90 Å². The van der Waals surface area contributed by atoms with Crippen molar-refractivity contribution in [2.45, 2.75) is 31.2 Å². The lowest BCUT2D eigenvalue weighted by Crippen LogP contribution is -2.40. The van der Waals surface area contributed by atoms with Crippen molar-refractivity contribution in [1.29, 1.82) is 0 Å². The van der Waals surface area contributed by atoms with E-state index in [1.165, 1.54) is 18.2 Å². The van der Waals surface area contributed by atoms with Crippen LogP contribution in [0, 0.1) is 5.92 Å². The van der Waals surface area contributed by atoms with E-state index in [2.05, 4.69) is 4.72 Å². The summed E-state index contributed by atoms with van der Waals surface area (Å²) in [6, 6.07) is 13.3. The fourth-order valence-corrected chi connectivity index (χ4v) is 5.00. The van der Waals surface area contributed by atoms with E-state index < -0.39 is 10.0 Å². The van der Waals surface area contributed by atoms with Crippen LogP contribution in [0.25, 0.3) is 0 Å². The van der Waals surface area contributed by atoms with Gasteiger partial charge in [0.2, 0.25) is 10.0 Å². The van der Waals surface area contributed by atoms with Gasteiger partial charge in [-0.2, -0.15) is 0 Å². The van der Waals surface area contributed by atoms with E-state index in [-0.39, 0.29) is 39.8 Å². The van der Waals surface area contributed by atoms with Crippen LogP contribution < -0.4 is 4.72 Å². The van der Waals surface area contributed by atoms with Crippen LogP contribution in [-0.4, -0.2) is 44.9 Å². The number of halogens is 1. The van der Waals surface area contributed by atoms with Gasteiger partial charge >= 0.3 is 5.97 Å². The maximum absolute atomic E-state index is 12.9. The normalized spacial score (nSPS) is 15.0. The van der Waals surface area contributed by atoms with Gasteiger partial charge < -0.3 is 9.64 Å². The molecule has 0 aliphatic carbocycles. The predicted octanol–water partition coefficient (Wildman–Crippen LogP) is 3.23. The van der Waals surface area contributed by atoms with Gasteiger partial charge in [0.05, 0.1) is 17.5 Å². The van der Waals surface area contributed by atoms with Crippen LogP contribution in [-0.2, 0) is 26.1 Å². The Hall–Kier alpha value is -2.42. The highest BCUT2D eigenvalue weighted by Crippen LogP contribution is 2.25. The molecule has 1 heterocycles. The number of carbonyl (C=O) groups excluding carboxylic acids is 2. The molecule has 3 rings (SSSR count). The first-order valence-corrected chi connectivity index (χ1v) is 12.0. The van der Waals surface area contributed by atoms with E-state index in [0.29, 0.717) is 32.5 Å². The number of hydrogen-bond acceptors (Lipinski definition) is 5. The van der Waals surface area contributed by atoms with Gasteiger partial charge in [0.15, 0.2) is 0 Å². The quantitative estimate of drug-likeness (QED) is 0.635. The Labute approximate surface area is 187 Å². The van der Waals surface area contributed by atoms with Crippen LogP contribution in [0.3, 0.4) is 0 Å². The lowest BCUT2D eigenvalue weighted by molar-refractivity contribution is -0.149. The number of likely N-dealkylation sites (tertiary alicyclic amines) is 1. The molecule has 1 amide bonds. The van der Waals surface area contributed by atoms with Crippen LogP contribution in [0.5, 0.6) is 0 Å². The summed E-state index contributed by atoms with van der Waals surface area (Å²) < 4.78 is 33.1. The molecule has 0 atom stereocenters. The number of rotatable bonds is 7. The molecule has 1 N–H and O–H groups in total. The summed E-state index contributed by atoms with van der Waals surface area (Å²) in [5.74, 6) is -0.746. The molecule has 9 heteroatoms. The molecular weight excluding hydrogens is 440 g/mol. The van der Waals surface area contributed by atoms with Crippen molar-refractivity contribution in [3.63, 3.8) is 0 Å². The van der Waals surface area contributed by atoms with E-state index in [1.807, 2.05) is 30.3 Å². The Bertz CT molecular complexity index is 1040. The Balaban J connectivity index is 1.70. The van der Waals surface area contributed by atoms with E-state index in [9.17, 15) is 18.0 Å². The molecule has 1 aliphatic rings. The van der Waals surface area contributed by atoms with Crippen molar-refractivity contribution >= 4 is 33.5 Å². The van der Waals surface area contributed by atoms with E-state index in [4.69, 9.17) is 16.3 Å². The number of sulfonamides is 1. The first-order chi connectivity index (χ1) is 14.8.